The predicted octanol–water partition coefficient (Wildman–Crippen LogP) is 2.61. The number of carbonyl (C=O) groups is 1. The van der Waals surface area contributed by atoms with Crippen molar-refractivity contribution < 1.29 is 4.79 Å². The van der Waals surface area contributed by atoms with Crippen molar-refractivity contribution in [1.29, 1.82) is 0 Å². The first-order valence-electron chi connectivity index (χ1n) is 4.33. The van der Waals surface area contributed by atoms with Crippen LogP contribution < -0.4 is 0 Å². The Morgan fingerprint density at radius 2 is 1.87 bits per heavy atom. The molecule has 0 aromatic carbocycles. The maximum Gasteiger partial charge on any atom is 0.150 e. The average Bonchev–Trinajstić information content (AvgIpc) is 2.29. The summed E-state index contributed by atoms with van der Waals surface area (Å²) >= 11 is 5.95. The molecule has 2 heterocycles. The molecular formula is C11H7ClN2O. The van der Waals surface area contributed by atoms with Crippen LogP contribution in [0.5, 0.6) is 0 Å². The van der Waals surface area contributed by atoms with Crippen molar-refractivity contribution >= 4 is 17.9 Å². The van der Waals surface area contributed by atoms with Crippen molar-refractivity contribution in [2.75, 3.05) is 0 Å². The highest BCUT2D eigenvalue weighted by molar-refractivity contribution is 6.32. The van der Waals surface area contributed by atoms with Gasteiger partial charge in [-0.25, -0.2) is 4.98 Å². The Hall–Kier alpha value is -1.74. The Labute approximate surface area is 91.8 Å². The van der Waals surface area contributed by atoms with Gasteiger partial charge in [0.05, 0.1) is 0 Å². The van der Waals surface area contributed by atoms with E-state index in [0.29, 0.717) is 16.3 Å². The molecule has 0 spiro atoms. The molecular weight excluding hydrogens is 212 g/mol. The smallest absolute Gasteiger partial charge is 0.150 e. The van der Waals surface area contributed by atoms with E-state index in [9.17, 15) is 4.79 Å². The number of pyridine rings is 2. The Bertz CT molecular complexity index is 485. The van der Waals surface area contributed by atoms with Gasteiger partial charge in [-0.05, 0) is 23.8 Å². The molecule has 0 aliphatic heterocycles. The number of carbonyl (C=O) groups excluding carboxylic acids is 1. The van der Waals surface area contributed by atoms with Gasteiger partial charge in [0.15, 0.2) is 6.29 Å². The minimum atomic E-state index is 0.325. The van der Waals surface area contributed by atoms with Crippen LogP contribution in [0.3, 0.4) is 0 Å². The number of nitrogens with zero attached hydrogens (tertiary/aromatic N) is 2. The molecule has 0 radical (unpaired) electrons. The van der Waals surface area contributed by atoms with Crippen molar-refractivity contribution in [2.45, 2.75) is 0 Å². The van der Waals surface area contributed by atoms with Crippen molar-refractivity contribution in [3.05, 3.63) is 47.5 Å². The molecule has 2 aromatic heterocycles. The summed E-state index contributed by atoms with van der Waals surface area (Å²) in [5.41, 5.74) is 2.02. The van der Waals surface area contributed by atoms with Crippen LogP contribution in [0, 0.1) is 0 Å². The molecule has 2 rings (SSSR count). The van der Waals surface area contributed by atoms with E-state index in [-0.39, 0.29) is 0 Å². The first kappa shape index (κ1) is 9.80. The first-order valence-corrected chi connectivity index (χ1v) is 4.71. The lowest BCUT2D eigenvalue weighted by molar-refractivity contribution is 0.112. The summed E-state index contributed by atoms with van der Waals surface area (Å²) < 4.78 is 0. The lowest BCUT2D eigenvalue weighted by atomic mass is 10.0. The number of aromatic nitrogens is 2. The Balaban J connectivity index is 2.66. The van der Waals surface area contributed by atoms with Crippen molar-refractivity contribution in [3.63, 3.8) is 0 Å². The number of rotatable bonds is 2. The minimum absolute atomic E-state index is 0.325. The normalized spacial score (nSPS) is 9.93. The fraction of sp³-hybridized carbons (Fsp3) is 0. The van der Waals surface area contributed by atoms with E-state index in [2.05, 4.69) is 9.97 Å². The van der Waals surface area contributed by atoms with E-state index in [0.717, 1.165) is 11.8 Å². The van der Waals surface area contributed by atoms with E-state index in [1.54, 1.807) is 30.6 Å². The lowest BCUT2D eigenvalue weighted by Gasteiger charge is -2.05. The zero-order chi connectivity index (χ0) is 10.7. The molecule has 3 nitrogen and oxygen atoms in total. The largest absolute Gasteiger partial charge is 0.298 e. The summed E-state index contributed by atoms with van der Waals surface area (Å²) in [6.45, 7) is 0. The third-order valence-electron chi connectivity index (χ3n) is 2.03. The fourth-order valence-electron chi connectivity index (χ4n) is 1.35. The summed E-state index contributed by atoms with van der Waals surface area (Å²) in [6, 6.07) is 5.21. The van der Waals surface area contributed by atoms with Crippen LogP contribution in [-0.4, -0.2) is 16.3 Å². The molecule has 74 valence electrons. The van der Waals surface area contributed by atoms with E-state index >= 15 is 0 Å². The minimum Gasteiger partial charge on any atom is -0.298 e. The van der Waals surface area contributed by atoms with Gasteiger partial charge >= 0.3 is 0 Å². The molecule has 0 aliphatic carbocycles. The average molecular weight is 219 g/mol. The van der Waals surface area contributed by atoms with E-state index in [1.807, 2.05) is 0 Å². The third-order valence-corrected chi connectivity index (χ3v) is 2.32. The van der Waals surface area contributed by atoms with Crippen LogP contribution >= 0.6 is 11.6 Å². The summed E-state index contributed by atoms with van der Waals surface area (Å²) in [5.74, 6) is 0. The highest BCUT2D eigenvalue weighted by atomic mass is 35.5. The van der Waals surface area contributed by atoms with Crippen molar-refractivity contribution in [3.8, 4) is 11.1 Å². The third kappa shape index (κ3) is 1.87. The van der Waals surface area contributed by atoms with Gasteiger partial charge in [0.1, 0.15) is 5.15 Å². The molecule has 0 unspecified atom stereocenters. The van der Waals surface area contributed by atoms with Gasteiger partial charge in [-0.15, -0.1) is 0 Å². The summed E-state index contributed by atoms with van der Waals surface area (Å²) in [4.78, 5) is 18.7. The van der Waals surface area contributed by atoms with Crippen molar-refractivity contribution in [1.82, 2.24) is 9.97 Å². The standard InChI is InChI=1S/C11H7ClN2O/c12-11-10(8-1-4-13-5-2-8)9(7-15)3-6-14-11/h1-7H. The molecule has 0 saturated heterocycles. The van der Waals surface area contributed by atoms with E-state index < -0.39 is 0 Å². The molecule has 0 saturated carbocycles. The van der Waals surface area contributed by atoms with Gasteiger partial charge in [0.25, 0.3) is 0 Å². The van der Waals surface area contributed by atoms with Gasteiger partial charge in [-0.1, -0.05) is 11.6 Å². The molecule has 15 heavy (non-hydrogen) atoms. The first-order chi connectivity index (χ1) is 7.33. The highest BCUT2D eigenvalue weighted by Gasteiger charge is 2.09. The molecule has 0 bridgehead atoms. The molecule has 2 aromatic rings. The van der Waals surface area contributed by atoms with Gasteiger partial charge < -0.3 is 0 Å². The SMILES string of the molecule is O=Cc1ccnc(Cl)c1-c1ccncc1. The van der Waals surface area contributed by atoms with E-state index in [4.69, 9.17) is 11.6 Å². The van der Waals surface area contributed by atoms with Crippen LogP contribution in [0.25, 0.3) is 11.1 Å². The number of hydrogen-bond acceptors (Lipinski definition) is 3. The van der Waals surface area contributed by atoms with Gasteiger partial charge in [-0.3, -0.25) is 9.78 Å². The van der Waals surface area contributed by atoms with Crippen molar-refractivity contribution in [2.24, 2.45) is 0 Å². The van der Waals surface area contributed by atoms with Gasteiger partial charge in [-0.2, -0.15) is 0 Å². The Kier molecular flexibility index (Phi) is 2.74. The second-order valence-corrected chi connectivity index (χ2v) is 3.28. The molecule has 0 amide bonds. The van der Waals surface area contributed by atoms with E-state index in [1.165, 1.54) is 6.20 Å². The summed E-state index contributed by atoms with van der Waals surface area (Å²) in [5, 5.41) is 0.325. The maximum atomic E-state index is 10.9. The van der Waals surface area contributed by atoms with Crippen LogP contribution in [-0.2, 0) is 0 Å². The lowest BCUT2D eigenvalue weighted by Crippen LogP contribution is -1.91. The molecule has 0 atom stereocenters. The maximum absolute atomic E-state index is 10.9. The zero-order valence-electron chi connectivity index (χ0n) is 7.72. The topological polar surface area (TPSA) is 42.9 Å². The molecule has 0 N–H and O–H groups in total. The van der Waals surface area contributed by atoms with Crippen LogP contribution in [0.4, 0.5) is 0 Å². The zero-order valence-corrected chi connectivity index (χ0v) is 8.48. The second-order valence-electron chi connectivity index (χ2n) is 2.92. The number of aldehydes is 1. The van der Waals surface area contributed by atoms with Crippen LogP contribution in [0.1, 0.15) is 10.4 Å². The second kappa shape index (κ2) is 4.19. The van der Waals surface area contributed by atoms with Crippen LogP contribution in [0.2, 0.25) is 5.15 Å². The number of hydrogen-bond donors (Lipinski definition) is 0. The fourth-order valence-corrected chi connectivity index (χ4v) is 1.63. The van der Waals surface area contributed by atoms with Gasteiger partial charge in [0, 0.05) is 29.7 Å². The molecule has 4 heteroatoms. The molecule has 0 aliphatic rings. The summed E-state index contributed by atoms with van der Waals surface area (Å²) in [6.07, 6.45) is 5.57. The molecule has 0 fully saturated rings. The highest BCUT2D eigenvalue weighted by Crippen LogP contribution is 2.28. The van der Waals surface area contributed by atoms with Crippen LogP contribution in [0.15, 0.2) is 36.8 Å². The summed E-state index contributed by atoms with van der Waals surface area (Å²) in [7, 11) is 0. The number of halogens is 1. The van der Waals surface area contributed by atoms with Gasteiger partial charge in [0.2, 0.25) is 0 Å². The predicted molar refractivity (Wildman–Crippen MR) is 57.9 cm³/mol. The Morgan fingerprint density at radius 3 is 2.53 bits per heavy atom. The monoisotopic (exact) mass is 218 g/mol. The Morgan fingerprint density at radius 1 is 1.13 bits per heavy atom. The quantitative estimate of drug-likeness (QED) is 0.575.